The number of nitrogens with one attached hydrogen (secondary N) is 5. The SMILES string of the molecule is CC(C)C[C@H](NC(=O)CNC(=O)[C@H](C)N)C(=O)N1CCC[C@@H]1C(=O)N[C@@H](CCC(=O)O)C(=O)N[C@@H](CCCCN)C(=O)N[C@@H](Cc1ccc(O)cc1)C(=O)O. The van der Waals surface area contributed by atoms with E-state index in [1.54, 1.807) is 0 Å². The number of likely N-dealkylation sites (tertiary alicyclic amines) is 1. The molecular weight excluding hydrogens is 720 g/mol. The first-order chi connectivity index (χ1) is 25.9. The van der Waals surface area contributed by atoms with Crippen LogP contribution in [0.3, 0.4) is 0 Å². The van der Waals surface area contributed by atoms with Crippen molar-refractivity contribution in [3.63, 3.8) is 0 Å². The molecule has 306 valence electrons. The van der Waals surface area contributed by atoms with Crippen LogP contribution in [0.25, 0.3) is 0 Å². The van der Waals surface area contributed by atoms with Gasteiger partial charge in [-0.3, -0.25) is 33.6 Å². The number of carboxylic acid groups (broad SMARTS) is 2. The maximum atomic E-state index is 13.8. The van der Waals surface area contributed by atoms with Gasteiger partial charge in [-0.25, -0.2) is 4.79 Å². The van der Waals surface area contributed by atoms with Crippen molar-refractivity contribution >= 4 is 47.4 Å². The Morgan fingerprint density at radius 2 is 1.44 bits per heavy atom. The molecule has 0 aromatic heterocycles. The molecular formula is C36H56N8O11. The van der Waals surface area contributed by atoms with Crippen LogP contribution in [-0.2, 0) is 44.8 Å². The van der Waals surface area contributed by atoms with Crippen molar-refractivity contribution in [2.24, 2.45) is 17.4 Å². The van der Waals surface area contributed by atoms with E-state index in [-0.39, 0.29) is 56.9 Å². The van der Waals surface area contributed by atoms with Crippen molar-refractivity contribution in [1.29, 1.82) is 0 Å². The Balaban J connectivity index is 2.24. The van der Waals surface area contributed by atoms with Crippen molar-refractivity contribution in [2.45, 2.75) is 115 Å². The van der Waals surface area contributed by atoms with E-state index in [1.165, 1.54) is 36.1 Å². The molecule has 1 aliphatic rings. The predicted octanol–water partition coefficient (Wildman–Crippen LogP) is -1.55. The summed E-state index contributed by atoms with van der Waals surface area (Å²) in [7, 11) is 0. The second-order valence-electron chi connectivity index (χ2n) is 14.1. The number of carbonyl (C=O) groups is 8. The Labute approximate surface area is 319 Å². The number of hydrogen-bond acceptors (Lipinski definition) is 11. The quantitative estimate of drug-likeness (QED) is 0.0564. The van der Waals surface area contributed by atoms with Crippen LogP contribution in [0, 0.1) is 5.92 Å². The van der Waals surface area contributed by atoms with Gasteiger partial charge in [0.15, 0.2) is 0 Å². The zero-order chi connectivity index (χ0) is 41.2. The first-order valence-corrected chi connectivity index (χ1v) is 18.4. The summed E-state index contributed by atoms with van der Waals surface area (Å²) in [6.07, 6.45) is 0.676. The van der Waals surface area contributed by atoms with Gasteiger partial charge in [-0.2, -0.15) is 0 Å². The van der Waals surface area contributed by atoms with Crippen LogP contribution in [0.5, 0.6) is 5.75 Å². The highest BCUT2D eigenvalue weighted by molar-refractivity contribution is 5.97. The van der Waals surface area contributed by atoms with Crippen molar-refractivity contribution in [2.75, 3.05) is 19.6 Å². The molecule has 0 aliphatic carbocycles. The van der Waals surface area contributed by atoms with Gasteiger partial charge in [0.25, 0.3) is 0 Å². The maximum Gasteiger partial charge on any atom is 0.326 e. The average Bonchev–Trinajstić information content (AvgIpc) is 3.61. The number of amides is 6. The lowest BCUT2D eigenvalue weighted by molar-refractivity contribution is -0.143. The first-order valence-electron chi connectivity index (χ1n) is 18.4. The lowest BCUT2D eigenvalue weighted by Gasteiger charge is -2.31. The van der Waals surface area contributed by atoms with E-state index in [9.17, 15) is 53.7 Å². The number of aromatic hydroxyl groups is 1. The molecule has 55 heavy (non-hydrogen) atoms. The molecule has 19 heteroatoms. The molecule has 12 N–H and O–H groups in total. The molecule has 0 saturated carbocycles. The zero-order valence-electron chi connectivity index (χ0n) is 31.5. The topological polar surface area (TPSA) is 313 Å². The second kappa shape index (κ2) is 22.8. The standard InChI is InChI=1S/C36H56N8O11/c1-20(2)17-26(40-29(46)19-39-31(49)21(3)38)35(53)44-16-6-8-28(44)34(52)42-25(13-14-30(47)48)33(51)41-24(7-4-5-15-37)32(50)43-27(36(54)55)18-22-9-11-23(45)12-10-22/h9-12,20-21,24-28,45H,4-8,13-19,37-38H2,1-3H3,(H,39,49)(H,40,46)(H,41,51)(H,42,52)(H,43,50)(H,47,48)(H,54,55)/t21-,24-,25-,26-,27-,28+/m0/s1. The third-order valence-corrected chi connectivity index (χ3v) is 8.87. The molecule has 0 bridgehead atoms. The van der Waals surface area contributed by atoms with Crippen molar-refractivity contribution < 1.29 is 53.7 Å². The largest absolute Gasteiger partial charge is 0.508 e. The Morgan fingerprint density at radius 3 is 2.00 bits per heavy atom. The first kappa shape index (κ1) is 45.9. The number of aliphatic carboxylic acids is 2. The number of phenolic OH excluding ortho intramolecular Hbond substituents is 1. The highest BCUT2D eigenvalue weighted by Gasteiger charge is 2.39. The zero-order valence-corrected chi connectivity index (χ0v) is 31.5. The Hall–Kier alpha value is -5.30. The van der Waals surface area contributed by atoms with Gasteiger partial charge in [-0.05, 0) is 82.0 Å². The monoisotopic (exact) mass is 776 g/mol. The Morgan fingerprint density at radius 1 is 0.818 bits per heavy atom. The Bertz CT molecular complexity index is 1500. The third-order valence-electron chi connectivity index (χ3n) is 8.87. The van der Waals surface area contributed by atoms with Crippen molar-refractivity contribution in [1.82, 2.24) is 31.5 Å². The molecule has 1 fully saturated rings. The number of unbranched alkanes of at least 4 members (excludes halogenated alkanes) is 1. The average molecular weight is 777 g/mol. The predicted molar refractivity (Wildman–Crippen MR) is 198 cm³/mol. The van der Waals surface area contributed by atoms with Crippen LogP contribution < -0.4 is 38.1 Å². The third kappa shape index (κ3) is 15.9. The number of nitrogens with zero attached hydrogens (tertiary/aromatic N) is 1. The van der Waals surface area contributed by atoms with Gasteiger partial charge in [0.1, 0.15) is 36.0 Å². The molecule has 1 aromatic carbocycles. The summed E-state index contributed by atoms with van der Waals surface area (Å²) < 4.78 is 0. The number of phenols is 1. The fraction of sp³-hybridized carbons (Fsp3) is 0.611. The number of rotatable bonds is 23. The summed E-state index contributed by atoms with van der Waals surface area (Å²) in [6.45, 7) is 5.14. The van der Waals surface area contributed by atoms with E-state index in [0.717, 1.165) is 0 Å². The summed E-state index contributed by atoms with van der Waals surface area (Å²) >= 11 is 0. The number of nitrogens with two attached hydrogens (primary N) is 2. The minimum absolute atomic E-state index is 0.0279. The smallest absolute Gasteiger partial charge is 0.326 e. The number of carbonyl (C=O) groups excluding carboxylic acids is 6. The molecule has 1 saturated heterocycles. The summed E-state index contributed by atoms with van der Waals surface area (Å²) in [4.78, 5) is 104. The van der Waals surface area contributed by atoms with Crippen LogP contribution in [0.1, 0.15) is 77.7 Å². The second-order valence-corrected chi connectivity index (χ2v) is 14.1. The van der Waals surface area contributed by atoms with E-state index in [2.05, 4.69) is 26.6 Å². The van der Waals surface area contributed by atoms with Crippen LogP contribution in [0.2, 0.25) is 0 Å². The van der Waals surface area contributed by atoms with Crippen molar-refractivity contribution in [3.05, 3.63) is 29.8 Å². The van der Waals surface area contributed by atoms with Crippen LogP contribution in [-0.4, -0.2) is 123 Å². The summed E-state index contributed by atoms with van der Waals surface area (Å²) in [5, 5.41) is 41.3. The molecule has 1 heterocycles. The van der Waals surface area contributed by atoms with Crippen LogP contribution in [0.4, 0.5) is 0 Å². The van der Waals surface area contributed by atoms with Gasteiger partial charge in [0.05, 0.1) is 12.6 Å². The van der Waals surface area contributed by atoms with Gasteiger partial charge >= 0.3 is 11.9 Å². The lowest BCUT2D eigenvalue weighted by atomic mass is 10.0. The van der Waals surface area contributed by atoms with Crippen molar-refractivity contribution in [3.8, 4) is 5.75 Å². The van der Waals surface area contributed by atoms with E-state index in [4.69, 9.17) is 11.5 Å². The minimum Gasteiger partial charge on any atom is -0.508 e. The fourth-order valence-electron chi connectivity index (χ4n) is 5.95. The maximum absolute atomic E-state index is 13.8. The molecule has 1 aliphatic heterocycles. The van der Waals surface area contributed by atoms with E-state index >= 15 is 0 Å². The summed E-state index contributed by atoms with van der Waals surface area (Å²) in [5.74, 6) is -6.92. The van der Waals surface area contributed by atoms with Gasteiger partial charge in [-0.15, -0.1) is 0 Å². The van der Waals surface area contributed by atoms with Gasteiger partial charge in [-0.1, -0.05) is 26.0 Å². The molecule has 1 aromatic rings. The molecule has 0 radical (unpaired) electrons. The van der Waals surface area contributed by atoms with E-state index in [1.807, 2.05) is 13.8 Å². The molecule has 0 spiro atoms. The molecule has 2 rings (SSSR count). The van der Waals surface area contributed by atoms with Crippen LogP contribution >= 0.6 is 0 Å². The van der Waals surface area contributed by atoms with E-state index < -0.39 is 96.6 Å². The Kier molecular flexibility index (Phi) is 19.0. The van der Waals surface area contributed by atoms with Gasteiger partial charge in [0.2, 0.25) is 35.4 Å². The lowest BCUT2D eigenvalue weighted by Crippen LogP contribution is -2.59. The minimum atomic E-state index is -1.46. The molecule has 6 atom stereocenters. The van der Waals surface area contributed by atoms with Crippen LogP contribution in [0.15, 0.2) is 24.3 Å². The number of hydrogen-bond donors (Lipinski definition) is 10. The van der Waals surface area contributed by atoms with Gasteiger partial charge < -0.3 is 58.3 Å². The molecule has 19 nitrogen and oxygen atoms in total. The highest BCUT2D eigenvalue weighted by atomic mass is 16.4. The summed E-state index contributed by atoms with van der Waals surface area (Å²) in [6, 6.07) is -1.38. The molecule has 6 amide bonds. The normalized spacial score (nSPS) is 16.5. The fourth-order valence-corrected chi connectivity index (χ4v) is 5.95. The number of benzene rings is 1. The molecule has 0 unspecified atom stereocenters. The summed E-state index contributed by atoms with van der Waals surface area (Å²) in [5.41, 5.74) is 11.6. The number of carboxylic acids is 2. The van der Waals surface area contributed by atoms with E-state index in [0.29, 0.717) is 24.8 Å². The van der Waals surface area contributed by atoms with Gasteiger partial charge in [0, 0.05) is 19.4 Å². The highest BCUT2D eigenvalue weighted by Crippen LogP contribution is 2.21.